The largest absolute Gasteiger partial charge is 0.389 e. The lowest BCUT2D eigenvalue weighted by molar-refractivity contribution is 0.199. The number of para-hydroxylation sites is 1. The van der Waals surface area contributed by atoms with Crippen molar-refractivity contribution in [1.82, 2.24) is 4.90 Å². The van der Waals surface area contributed by atoms with Gasteiger partial charge in [0.25, 0.3) is 0 Å². The summed E-state index contributed by atoms with van der Waals surface area (Å²) in [7, 11) is 4.18. The first-order valence-corrected chi connectivity index (χ1v) is 6.73. The molecule has 0 radical (unpaired) electrons. The van der Waals surface area contributed by atoms with Crippen molar-refractivity contribution in [3.63, 3.8) is 0 Å². The first kappa shape index (κ1) is 15.0. The van der Waals surface area contributed by atoms with E-state index < -0.39 is 6.10 Å². The maximum absolute atomic E-state index is 9.86. The molecule has 0 spiro atoms. The van der Waals surface area contributed by atoms with Gasteiger partial charge in [-0.3, -0.25) is 0 Å². The van der Waals surface area contributed by atoms with Crippen LogP contribution in [0.1, 0.15) is 31.9 Å². The molecule has 0 heterocycles. The van der Waals surface area contributed by atoms with E-state index in [1.54, 1.807) is 0 Å². The average molecular weight is 250 g/mol. The van der Waals surface area contributed by atoms with Crippen LogP contribution < -0.4 is 4.90 Å². The normalized spacial score (nSPS) is 12.8. The molecule has 102 valence electrons. The van der Waals surface area contributed by atoms with Crippen LogP contribution in [0, 0.1) is 0 Å². The molecule has 0 bridgehead atoms. The van der Waals surface area contributed by atoms with E-state index in [-0.39, 0.29) is 0 Å². The molecule has 1 unspecified atom stereocenters. The minimum absolute atomic E-state index is 0.417. The van der Waals surface area contributed by atoms with Gasteiger partial charge < -0.3 is 14.9 Å². The predicted octanol–water partition coefficient (Wildman–Crippen LogP) is 2.52. The molecule has 3 nitrogen and oxygen atoms in total. The molecule has 1 atom stereocenters. The van der Waals surface area contributed by atoms with Crippen molar-refractivity contribution >= 4 is 5.69 Å². The molecule has 3 heteroatoms. The third kappa shape index (κ3) is 4.31. The van der Waals surface area contributed by atoms with E-state index in [9.17, 15) is 5.11 Å². The highest BCUT2D eigenvalue weighted by Gasteiger charge is 2.13. The molecule has 1 aromatic rings. The molecule has 18 heavy (non-hydrogen) atoms. The van der Waals surface area contributed by atoms with E-state index in [4.69, 9.17) is 0 Å². The van der Waals surface area contributed by atoms with Crippen molar-refractivity contribution in [2.75, 3.05) is 38.6 Å². The van der Waals surface area contributed by atoms with E-state index in [0.29, 0.717) is 0 Å². The summed E-state index contributed by atoms with van der Waals surface area (Å²) in [6.45, 7) is 7.05. The molecule has 1 rings (SSSR count). The van der Waals surface area contributed by atoms with Crippen molar-refractivity contribution in [3.8, 4) is 0 Å². The molecule has 0 aliphatic carbocycles. The van der Waals surface area contributed by atoms with Gasteiger partial charge >= 0.3 is 0 Å². The maximum Gasteiger partial charge on any atom is 0.0781 e. The summed E-state index contributed by atoms with van der Waals surface area (Å²) in [5.41, 5.74) is 2.18. The zero-order valence-electron chi connectivity index (χ0n) is 12.1. The van der Waals surface area contributed by atoms with Crippen molar-refractivity contribution in [1.29, 1.82) is 0 Å². The predicted molar refractivity (Wildman–Crippen MR) is 78.1 cm³/mol. The van der Waals surface area contributed by atoms with Gasteiger partial charge in [0.15, 0.2) is 0 Å². The van der Waals surface area contributed by atoms with E-state index in [2.05, 4.69) is 36.9 Å². The summed E-state index contributed by atoms with van der Waals surface area (Å²) < 4.78 is 0. The van der Waals surface area contributed by atoms with Crippen LogP contribution >= 0.6 is 0 Å². The third-order valence-electron chi connectivity index (χ3n) is 3.04. The van der Waals surface area contributed by atoms with Crippen molar-refractivity contribution in [2.45, 2.75) is 26.4 Å². The molecule has 0 aliphatic heterocycles. The highest BCUT2D eigenvalue weighted by Crippen LogP contribution is 2.26. The Morgan fingerprint density at radius 2 is 1.78 bits per heavy atom. The van der Waals surface area contributed by atoms with Gasteiger partial charge in [-0.05, 0) is 33.5 Å². The monoisotopic (exact) mass is 250 g/mol. The van der Waals surface area contributed by atoms with Gasteiger partial charge in [-0.15, -0.1) is 0 Å². The Labute approximate surface area is 111 Å². The number of aliphatic hydroxyl groups excluding tert-OH is 1. The lowest BCUT2D eigenvalue weighted by atomic mass is 10.1. The first-order chi connectivity index (χ1) is 8.56. The van der Waals surface area contributed by atoms with Crippen LogP contribution in [0.25, 0.3) is 0 Å². The third-order valence-corrected chi connectivity index (χ3v) is 3.04. The molecular formula is C15H26N2O. The Kier molecular flexibility index (Phi) is 6.16. The first-order valence-electron chi connectivity index (χ1n) is 6.73. The van der Waals surface area contributed by atoms with Gasteiger partial charge in [-0.1, -0.05) is 25.1 Å². The summed E-state index contributed by atoms with van der Waals surface area (Å²) in [4.78, 5) is 4.55. The van der Waals surface area contributed by atoms with Gasteiger partial charge in [-0.25, -0.2) is 0 Å². The molecule has 0 amide bonds. The van der Waals surface area contributed by atoms with E-state index in [0.717, 1.165) is 37.3 Å². The number of nitrogens with zero attached hydrogens (tertiary/aromatic N) is 2. The molecule has 0 aliphatic rings. The number of likely N-dealkylation sites (N-methyl/N-ethyl adjacent to an activating group) is 1. The lowest BCUT2D eigenvalue weighted by Gasteiger charge is -2.28. The Hall–Kier alpha value is -1.06. The molecule has 0 saturated carbocycles. The van der Waals surface area contributed by atoms with Crippen LogP contribution in [0.15, 0.2) is 24.3 Å². The highest BCUT2D eigenvalue weighted by atomic mass is 16.3. The van der Waals surface area contributed by atoms with E-state index in [1.165, 1.54) is 0 Å². The number of hydrogen-bond acceptors (Lipinski definition) is 3. The quantitative estimate of drug-likeness (QED) is 0.805. The Morgan fingerprint density at radius 1 is 1.11 bits per heavy atom. The van der Waals surface area contributed by atoms with Crippen LogP contribution in [0.2, 0.25) is 0 Å². The summed E-state index contributed by atoms with van der Waals surface area (Å²) in [5.74, 6) is 0. The van der Waals surface area contributed by atoms with Crippen LogP contribution in [0.5, 0.6) is 0 Å². The minimum atomic E-state index is -0.417. The summed E-state index contributed by atoms with van der Waals surface area (Å²) in [6, 6.07) is 8.15. The molecule has 0 saturated heterocycles. The van der Waals surface area contributed by atoms with Crippen molar-refractivity contribution in [3.05, 3.63) is 29.8 Å². The number of rotatable bonds is 7. The number of hydrogen-bond donors (Lipinski definition) is 1. The zero-order valence-corrected chi connectivity index (χ0v) is 12.1. The SMILES string of the molecule is CCCN(CCN(C)C)c1ccccc1C(C)O. The zero-order chi connectivity index (χ0) is 13.5. The second kappa shape index (κ2) is 7.39. The highest BCUT2D eigenvalue weighted by molar-refractivity contribution is 5.54. The number of anilines is 1. The molecular weight excluding hydrogens is 224 g/mol. The number of benzene rings is 1. The topological polar surface area (TPSA) is 26.7 Å². The average Bonchev–Trinajstić information content (AvgIpc) is 2.34. The van der Waals surface area contributed by atoms with Gasteiger partial charge in [-0.2, -0.15) is 0 Å². The fourth-order valence-corrected chi connectivity index (χ4v) is 2.07. The second-order valence-corrected chi connectivity index (χ2v) is 5.03. The van der Waals surface area contributed by atoms with Crippen LogP contribution in [0.4, 0.5) is 5.69 Å². The fraction of sp³-hybridized carbons (Fsp3) is 0.600. The van der Waals surface area contributed by atoms with Crippen molar-refractivity contribution in [2.24, 2.45) is 0 Å². The molecule has 0 fully saturated rings. The summed E-state index contributed by atoms with van der Waals surface area (Å²) in [5, 5.41) is 9.86. The second-order valence-electron chi connectivity index (χ2n) is 5.03. The molecule has 0 aromatic heterocycles. The van der Waals surface area contributed by atoms with E-state index in [1.807, 2.05) is 25.1 Å². The van der Waals surface area contributed by atoms with E-state index >= 15 is 0 Å². The lowest BCUT2D eigenvalue weighted by Crippen LogP contribution is -2.33. The van der Waals surface area contributed by atoms with Crippen LogP contribution in [-0.4, -0.2) is 43.7 Å². The standard InChI is InChI=1S/C15H26N2O/c1-5-10-17(12-11-16(3)4)15-9-7-6-8-14(15)13(2)18/h6-9,13,18H,5,10-12H2,1-4H3. The summed E-state index contributed by atoms with van der Waals surface area (Å²) in [6.07, 6.45) is 0.696. The molecule has 1 N–H and O–H groups in total. The Balaban J connectivity index is 2.90. The van der Waals surface area contributed by atoms with Crippen molar-refractivity contribution < 1.29 is 5.11 Å². The van der Waals surface area contributed by atoms with Crippen LogP contribution in [-0.2, 0) is 0 Å². The minimum Gasteiger partial charge on any atom is -0.389 e. The van der Waals surface area contributed by atoms with Gasteiger partial charge in [0, 0.05) is 30.9 Å². The number of aliphatic hydroxyl groups is 1. The van der Waals surface area contributed by atoms with Crippen LogP contribution in [0.3, 0.4) is 0 Å². The fourth-order valence-electron chi connectivity index (χ4n) is 2.07. The summed E-state index contributed by atoms with van der Waals surface area (Å²) >= 11 is 0. The van der Waals surface area contributed by atoms with Gasteiger partial charge in [0.2, 0.25) is 0 Å². The van der Waals surface area contributed by atoms with Gasteiger partial charge in [0.1, 0.15) is 0 Å². The Bertz CT molecular complexity index is 350. The maximum atomic E-state index is 9.86. The Morgan fingerprint density at radius 3 is 2.33 bits per heavy atom. The van der Waals surface area contributed by atoms with Gasteiger partial charge in [0.05, 0.1) is 6.10 Å². The molecule has 1 aromatic carbocycles. The smallest absolute Gasteiger partial charge is 0.0781 e.